The average molecular weight is 291 g/mol. The van der Waals surface area contributed by atoms with E-state index in [1.54, 1.807) is 6.20 Å². The minimum absolute atomic E-state index is 0.191. The van der Waals surface area contributed by atoms with Crippen molar-refractivity contribution in [2.75, 3.05) is 5.32 Å². The fourth-order valence-electron chi connectivity index (χ4n) is 1.89. The van der Waals surface area contributed by atoms with Gasteiger partial charge in [0.15, 0.2) is 5.15 Å². The molecule has 3 nitrogen and oxygen atoms in total. The zero-order valence-corrected chi connectivity index (χ0v) is 12.7. The van der Waals surface area contributed by atoms with E-state index >= 15 is 0 Å². The standard InChI is InChI=1S/C16H19ClN2O/c1-11(2)20-14-6-4-13(5-7-14)10-19-15-12(3)8-9-18-16(15)17/h4-9,11,19H,10H2,1-3H3. The number of benzene rings is 1. The Morgan fingerprint density at radius 3 is 2.50 bits per heavy atom. The minimum Gasteiger partial charge on any atom is -0.491 e. The van der Waals surface area contributed by atoms with Gasteiger partial charge in [-0.05, 0) is 50.1 Å². The molecule has 0 amide bonds. The number of aryl methyl sites for hydroxylation is 1. The van der Waals surface area contributed by atoms with Crippen LogP contribution in [0.5, 0.6) is 5.75 Å². The molecule has 0 fully saturated rings. The third kappa shape index (κ3) is 3.87. The van der Waals surface area contributed by atoms with Gasteiger partial charge in [-0.15, -0.1) is 0 Å². The fourth-order valence-corrected chi connectivity index (χ4v) is 2.16. The van der Waals surface area contributed by atoms with Crippen molar-refractivity contribution in [1.82, 2.24) is 4.98 Å². The zero-order valence-electron chi connectivity index (χ0n) is 12.0. The number of anilines is 1. The van der Waals surface area contributed by atoms with Crippen LogP contribution in [-0.2, 0) is 6.54 Å². The van der Waals surface area contributed by atoms with Crippen molar-refractivity contribution in [3.8, 4) is 5.75 Å². The van der Waals surface area contributed by atoms with Gasteiger partial charge in [0.25, 0.3) is 0 Å². The molecule has 0 unspecified atom stereocenters. The fraction of sp³-hybridized carbons (Fsp3) is 0.312. The third-order valence-electron chi connectivity index (χ3n) is 2.88. The lowest BCUT2D eigenvalue weighted by Crippen LogP contribution is -2.06. The number of hydrogen-bond acceptors (Lipinski definition) is 3. The van der Waals surface area contributed by atoms with Crippen molar-refractivity contribution in [3.05, 3.63) is 52.8 Å². The number of rotatable bonds is 5. The number of nitrogens with one attached hydrogen (secondary N) is 1. The molecule has 1 aromatic carbocycles. The Morgan fingerprint density at radius 1 is 1.20 bits per heavy atom. The first kappa shape index (κ1) is 14.7. The maximum absolute atomic E-state index is 6.08. The Balaban J connectivity index is 2.00. The van der Waals surface area contributed by atoms with E-state index in [9.17, 15) is 0 Å². The monoisotopic (exact) mass is 290 g/mol. The van der Waals surface area contributed by atoms with E-state index in [0.717, 1.165) is 17.0 Å². The van der Waals surface area contributed by atoms with Gasteiger partial charge in [0, 0.05) is 12.7 Å². The summed E-state index contributed by atoms with van der Waals surface area (Å²) in [7, 11) is 0. The maximum atomic E-state index is 6.08. The summed E-state index contributed by atoms with van der Waals surface area (Å²) in [4.78, 5) is 4.08. The smallest absolute Gasteiger partial charge is 0.152 e. The third-order valence-corrected chi connectivity index (χ3v) is 3.16. The van der Waals surface area contributed by atoms with Crippen LogP contribution in [0.25, 0.3) is 0 Å². The van der Waals surface area contributed by atoms with Crippen molar-refractivity contribution in [3.63, 3.8) is 0 Å². The van der Waals surface area contributed by atoms with Crippen molar-refractivity contribution >= 4 is 17.3 Å². The van der Waals surface area contributed by atoms with Gasteiger partial charge in [-0.1, -0.05) is 23.7 Å². The number of halogens is 1. The Kier molecular flexibility index (Phi) is 4.85. The van der Waals surface area contributed by atoms with Gasteiger partial charge in [-0.3, -0.25) is 0 Å². The molecule has 1 N–H and O–H groups in total. The quantitative estimate of drug-likeness (QED) is 0.827. The molecule has 0 bridgehead atoms. The molecule has 106 valence electrons. The SMILES string of the molecule is Cc1ccnc(Cl)c1NCc1ccc(OC(C)C)cc1. The van der Waals surface area contributed by atoms with Gasteiger partial charge in [-0.2, -0.15) is 0 Å². The van der Waals surface area contributed by atoms with Crippen LogP contribution in [0, 0.1) is 6.92 Å². The largest absolute Gasteiger partial charge is 0.491 e. The molecule has 20 heavy (non-hydrogen) atoms. The molecule has 0 radical (unpaired) electrons. The van der Waals surface area contributed by atoms with Crippen LogP contribution in [0.2, 0.25) is 5.15 Å². The van der Waals surface area contributed by atoms with Crippen LogP contribution in [0.15, 0.2) is 36.5 Å². The molecule has 0 atom stereocenters. The van der Waals surface area contributed by atoms with Gasteiger partial charge in [0.05, 0.1) is 11.8 Å². The number of hydrogen-bond donors (Lipinski definition) is 1. The van der Waals surface area contributed by atoms with Crippen LogP contribution < -0.4 is 10.1 Å². The van der Waals surface area contributed by atoms with Gasteiger partial charge in [0.1, 0.15) is 5.75 Å². The molecule has 2 aromatic rings. The predicted molar refractivity (Wildman–Crippen MR) is 83.5 cm³/mol. The highest BCUT2D eigenvalue weighted by atomic mass is 35.5. The first-order valence-electron chi connectivity index (χ1n) is 6.67. The molecule has 2 rings (SSSR count). The van der Waals surface area contributed by atoms with E-state index < -0.39 is 0 Å². The molecule has 1 heterocycles. The van der Waals surface area contributed by atoms with E-state index in [0.29, 0.717) is 11.7 Å². The van der Waals surface area contributed by atoms with Gasteiger partial charge < -0.3 is 10.1 Å². The lowest BCUT2D eigenvalue weighted by Gasteiger charge is -2.12. The van der Waals surface area contributed by atoms with E-state index in [4.69, 9.17) is 16.3 Å². The number of ether oxygens (including phenoxy) is 1. The molecule has 1 aromatic heterocycles. The Labute approximate surface area is 124 Å². The highest BCUT2D eigenvalue weighted by Gasteiger charge is 2.04. The summed E-state index contributed by atoms with van der Waals surface area (Å²) in [6, 6.07) is 9.99. The summed E-state index contributed by atoms with van der Waals surface area (Å²) in [5, 5.41) is 3.83. The van der Waals surface area contributed by atoms with Crippen LogP contribution in [0.3, 0.4) is 0 Å². The summed E-state index contributed by atoms with van der Waals surface area (Å²) in [5.41, 5.74) is 3.14. The summed E-state index contributed by atoms with van der Waals surface area (Å²) >= 11 is 6.08. The predicted octanol–water partition coefficient (Wildman–Crippen LogP) is 4.44. The van der Waals surface area contributed by atoms with Gasteiger partial charge in [-0.25, -0.2) is 4.98 Å². The summed E-state index contributed by atoms with van der Waals surface area (Å²) in [6.07, 6.45) is 1.90. The molecule has 0 aliphatic carbocycles. The Bertz CT molecular complexity index is 547. The minimum atomic E-state index is 0.191. The first-order chi connectivity index (χ1) is 9.56. The molecular formula is C16H19ClN2O. The van der Waals surface area contributed by atoms with E-state index in [1.165, 1.54) is 5.56 Å². The number of aromatic nitrogens is 1. The van der Waals surface area contributed by atoms with Crippen LogP contribution in [0.1, 0.15) is 25.0 Å². The van der Waals surface area contributed by atoms with E-state index in [2.05, 4.69) is 10.3 Å². The normalized spacial score (nSPS) is 10.7. The van der Waals surface area contributed by atoms with Crippen molar-refractivity contribution in [2.24, 2.45) is 0 Å². The van der Waals surface area contributed by atoms with Crippen LogP contribution in [-0.4, -0.2) is 11.1 Å². The second kappa shape index (κ2) is 6.62. The first-order valence-corrected chi connectivity index (χ1v) is 7.04. The molecule has 0 aliphatic heterocycles. The highest BCUT2D eigenvalue weighted by Crippen LogP contribution is 2.23. The molecule has 0 saturated carbocycles. The zero-order chi connectivity index (χ0) is 14.5. The topological polar surface area (TPSA) is 34.2 Å². The Morgan fingerprint density at radius 2 is 1.90 bits per heavy atom. The summed E-state index contributed by atoms with van der Waals surface area (Å²) in [6.45, 7) is 6.75. The second-order valence-electron chi connectivity index (χ2n) is 4.96. The van der Waals surface area contributed by atoms with Crippen LogP contribution >= 0.6 is 11.6 Å². The summed E-state index contributed by atoms with van der Waals surface area (Å²) < 4.78 is 5.62. The molecule has 0 spiro atoms. The van der Waals surface area contributed by atoms with Gasteiger partial charge in [0.2, 0.25) is 0 Å². The van der Waals surface area contributed by atoms with Crippen molar-refractivity contribution < 1.29 is 4.74 Å². The molecule has 0 saturated heterocycles. The second-order valence-corrected chi connectivity index (χ2v) is 5.32. The van der Waals surface area contributed by atoms with Crippen LogP contribution in [0.4, 0.5) is 5.69 Å². The lowest BCUT2D eigenvalue weighted by molar-refractivity contribution is 0.242. The van der Waals surface area contributed by atoms with Crippen molar-refractivity contribution in [1.29, 1.82) is 0 Å². The highest BCUT2D eigenvalue weighted by molar-refractivity contribution is 6.32. The molecular weight excluding hydrogens is 272 g/mol. The maximum Gasteiger partial charge on any atom is 0.152 e. The van der Waals surface area contributed by atoms with Crippen molar-refractivity contribution in [2.45, 2.75) is 33.4 Å². The number of pyridine rings is 1. The number of nitrogens with zero attached hydrogens (tertiary/aromatic N) is 1. The molecule has 0 aliphatic rings. The Hall–Kier alpha value is -1.74. The average Bonchev–Trinajstić information content (AvgIpc) is 2.39. The van der Waals surface area contributed by atoms with Gasteiger partial charge >= 0.3 is 0 Å². The van der Waals surface area contributed by atoms with E-state index in [1.807, 2.05) is 51.1 Å². The summed E-state index contributed by atoms with van der Waals surface area (Å²) in [5.74, 6) is 0.888. The lowest BCUT2D eigenvalue weighted by atomic mass is 10.2. The van der Waals surface area contributed by atoms with E-state index in [-0.39, 0.29) is 6.10 Å². The molecule has 4 heteroatoms.